The van der Waals surface area contributed by atoms with E-state index in [1.807, 2.05) is 6.92 Å². The topological polar surface area (TPSA) is 26.3 Å². The van der Waals surface area contributed by atoms with Crippen LogP contribution >= 0.6 is 23.4 Å². The van der Waals surface area contributed by atoms with Crippen molar-refractivity contribution in [2.45, 2.75) is 37.0 Å². The molecule has 4 heteroatoms. The van der Waals surface area contributed by atoms with Gasteiger partial charge in [-0.25, -0.2) is 4.79 Å². The number of benzene rings is 2. The van der Waals surface area contributed by atoms with E-state index in [9.17, 15) is 4.79 Å². The quantitative estimate of drug-likeness (QED) is 0.539. The molecule has 23 heavy (non-hydrogen) atoms. The maximum Gasteiger partial charge on any atom is 0.339 e. The number of rotatable bonds is 5. The molecule has 0 saturated heterocycles. The second kappa shape index (κ2) is 7.89. The summed E-state index contributed by atoms with van der Waals surface area (Å²) in [5.41, 5.74) is 5.11. The van der Waals surface area contributed by atoms with Crippen LogP contribution in [0.4, 0.5) is 0 Å². The molecule has 2 nitrogen and oxygen atoms in total. The van der Waals surface area contributed by atoms with Crippen molar-refractivity contribution in [2.24, 2.45) is 0 Å². The Morgan fingerprint density at radius 2 is 1.83 bits per heavy atom. The summed E-state index contributed by atoms with van der Waals surface area (Å²) in [5, 5.41) is 0. The molecule has 2 aromatic rings. The Morgan fingerprint density at radius 3 is 2.39 bits per heavy atom. The molecular weight excluding hydrogens is 328 g/mol. The molecule has 0 radical (unpaired) electrons. The van der Waals surface area contributed by atoms with Gasteiger partial charge in [0.1, 0.15) is 0 Å². The van der Waals surface area contributed by atoms with E-state index in [-0.39, 0.29) is 5.97 Å². The predicted octanol–water partition coefficient (Wildman–Crippen LogP) is 5.33. The van der Waals surface area contributed by atoms with Crippen LogP contribution in [0, 0.1) is 20.8 Å². The molecule has 2 rings (SSSR count). The number of hydrogen-bond donors (Lipinski definition) is 0. The van der Waals surface area contributed by atoms with Crippen LogP contribution in [0.5, 0.6) is 0 Å². The molecule has 0 N–H and O–H groups in total. The van der Waals surface area contributed by atoms with Gasteiger partial charge >= 0.3 is 5.97 Å². The van der Waals surface area contributed by atoms with Gasteiger partial charge in [-0.15, -0.1) is 11.6 Å². The van der Waals surface area contributed by atoms with Gasteiger partial charge < -0.3 is 4.74 Å². The van der Waals surface area contributed by atoms with Gasteiger partial charge in [-0.05, 0) is 62.1 Å². The van der Waals surface area contributed by atoms with Crippen LogP contribution in [0.1, 0.15) is 32.6 Å². The van der Waals surface area contributed by atoms with Crippen LogP contribution in [0.15, 0.2) is 40.1 Å². The fourth-order valence-corrected chi connectivity index (χ4v) is 3.93. The van der Waals surface area contributed by atoms with Gasteiger partial charge in [0.15, 0.2) is 0 Å². The first-order valence-electron chi connectivity index (χ1n) is 7.49. The average molecular weight is 349 g/mol. The monoisotopic (exact) mass is 348 g/mol. The second-order valence-corrected chi connectivity index (χ2v) is 7.01. The number of carbonyl (C=O) groups is 1. The van der Waals surface area contributed by atoms with Crippen LogP contribution in [-0.2, 0) is 11.2 Å². The first kappa shape index (κ1) is 17.9. The summed E-state index contributed by atoms with van der Waals surface area (Å²) in [7, 11) is 1.42. The van der Waals surface area contributed by atoms with E-state index in [2.05, 4.69) is 44.2 Å². The Hall–Kier alpha value is -1.45. The number of ether oxygens (including phenoxy) is 1. The first-order chi connectivity index (χ1) is 11.0. The van der Waals surface area contributed by atoms with Gasteiger partial charge in [0.2, 0.25) is 0 Å². The molecule has 0 aromatic heterocycles. The zero-order chi connectivity index (χ0) is 17.0. The van der Waals surface area contributed by atoms with E-state index in [1.165, 1.54) is 12.7 Å². The Morgan fingerprint density at radius 1 is 1.17 bits per heavy atom. The number of aryl methyl sites for hydroxylation is 2. The Kier molecular flexibility index (Phi) is 6.14. The normalized spacial score (nSPS) is 10.7. The van der Waals surface area contributed by atoms with Crippen molar-refractivity contribution in [3.63, 3.8) is 0 Å². The average Bonchev–Trinajstić information content (AvgIpc) is 2.53. The van der Waals surface area contributed by atoms with Crippen molar-refractivity contribution >= 4 is 29.3 Å². The van der Waals surface area contributed by atoms with Gasteiger partial charge in [0, 0.05) is 15.7 Å². The third-order valence-corrected chi connectivity index (χ3v) is 5.12. The van der Waals surface area contributed by atoms with Gasteiger partial charge in [-0.3, -0.25) is 0 Å². The third-order valence-electron chi connectivity index (χ3n) is 3.88. The number of hydrogen-bond acceptors (Lipinski definition) is 3. The van der Waals surface area contributed by atoms with Crippen LogP contribution in [0.3, 0.4) is 0 Å². The van der Waals surface area contributed by atoms with Crippen LogP contribution in [-0.4, -0.2) is 19.0 Å². The minimum absolute atomic E-state index is 0.298. The lowest BCUT2D eigenvalue weighted by molar-refractivity contribution is 0.0595. The maximum absolute atomic E-state index is 12.3. The zero-order valence-electron chi connectivity index (χ0n) is 13.9. The van der Waals surface area contributed by atoms with E-state index in [0.29, 0.717) is 11.4 Å². The molecular formula is C19H21ClO2S. The second-order valence-electron chi connectivity index (χ2n) is 5.52. The summed E-state index contributed by atoms with van der Waals surface area (Å²) in [6.45, 7) is 6.10. The van der Waals surface area contributed by atoms with Crippen molar-refractivity contribution < 1.29 is 9.53 Å². The highest BCUT2D eigenvalue weighted by Gasteiger charge is 2.20. The molecule has 0 bridgehead atoms. The molecule has 2 aromatic carbocycles. The Bertz CT molecular complexity index is 708. The van der Waals surface area contributed by atoms with E-state index in [0.717, 1.165) is 32.9 Å². The van der Waals surface area contributed by atoms with Crippen molar-refractivity contribution in [1.82, 2.24) is 0 Å². The predicted molar refractivity (Wildman–Crippen MR) is 97.0 cm³/mol. The number of methoxy groups -OCH3 is 1. The summed E-state index contributed by atoms with van der Waals surface area (Å²) < 4.78 is 5.00. The van der Waals surface area contributed by atoms with Gasteiger partial charge in [0.25, 0.3) is 0 Å². The highest BCUT2D eigenvalue weighted by atomic mass is 35.5. The maximum atomic E-state index is 12.3. The van der Waals surface area contributed by atoms with Crippen molar-refractivity contribution in [2.75, 3.05) is 13.0 Å². The van der Waals surface area contributed by atoms with E-state index >= 15 is 0 Å². The molecule has 0 atom stereocenters. The number of halogens is 1. The molecule has 0 saturated carbocycles. The Labute approximate surface area is 147 Å². The molecule has 0 heterocycles. The van der Waals surface area contributed by atoms with Crippen LogP contribution < -0.4 is 0 Å². The van der Waals surface area contributed by atoms with E-state index < -0.39 is 0 Å². The standard InChI is InChI=1S/C19H21ClO2S/c1-12-5-7-15(8-6-12)23-17-11-13(2)16(9-10-20)14(3)18(17)19(21)22-4/h5-8,11H,9-10H2,1-4H3. The van der Waals surface area contributed by atoms with Crippen LogP contribution in [0.2, 0.25) is 0 Å². The molecule has 0 aliphatic heterocycles. The smallest absolute Gasteiger partial charge is 0.339 e. The van der Waals surface area contributed by atoms with E-state index in [1.54, 1.807) is 11.8 Å². The van der Waals surface area contributed by atoms with Crippen molar-refractivity contribution in [1.29, 1.82) is 0 Å². The van der Waals surface area contributed by atoms with Crippen LogP contribution in [0.25, 0.3) is 0 Å². The lowest BCUT2D eigenvalue weighted by atomic mass is 9.96. The summed E-state index contributed by atoms with van der Waals surface area (Å²) in [6.07, 6.45) is 0.749. The highest BCUT2D eigenvalue weighted by molar-refractivity contribution is 7.99. The number of alkyl halides is 1. The van der Waals surface area contributed by atoms with Gasteiger partial charge in [-0.1, -0.05) is 29.5 Å². The minimum Gasteiger partial charge on any atom is -0.465 e. The zero-order valence-corrected chi connectivity index (χ0v) is 15.5. The molecule has 0 spiro atoms. The lowest BCUT2D eigenvalue weighted by Gasteiger charge is -2.17. The van der Waals surface area contributed by atoms with Gasteiger partial charge in [-0.2, -0.15) is 0 Å². The third kappa shape index (κ3) is 4.10. The SMILES string of the molecule is COC(=O)c1c(Sc2ccc(C)cc2)cc(C)c(CCCl)c1C. The largest absolute Gasteiger partial charge is 0.465 e. The first-order valence-corrected chi connectivity index (χ1v) is 8.85. The molecule has 0 unspecified atom stereocenters. The summed E-state index contributed by atoms with van der Waals surface area (Å²) in [4.78, 5) is 14.3. The summed E-state index contributed by atoms with van der Waals surface area (Å²) >= 11 is 7.50. The molecule has 122 valence electrons. The van der Waals surface area contributed by atoms with Gasteiger partial charge in [0.05, 0.1) is 12.7 Å². The summed E-state index contributed by atoms with van der Waals surface area (Å²) in [5.74, 6) is 0.236. The van der Waals surface area contributed by atoms with E-state index in [4.69, 9.17) is 16.3 Å². The number of esters is 1. The van der Waals surface area contributed by atoms with Crippen molar-refractivity contribution in [3.05, 3.63) is 58.1 Å². The fraction of sp³-hybridized carbons (Fsp3) is 0.316. The molecule has 0 aliphatic rings. The minimum atomic E-state index is -0.298. The summed E-state index contributed by atoms with van der Waals surface area (Å²) in [6, 6.07) is 10.3. The van der Waals surface area contributed by atoms with Crippen molar-refractivity contribution in [3.8, 4) is 0 Å². The highest BCUT2D eigenvalue weighted by Crippen LogP contribution is 2.35. The number of carbonyl (C=O) groups excluding carboxylic acids is 1. The fourth-order valence-electron chi connectivity index (χ4n) is 2.64. The lowest BCUT2D eigenvalue weighted by Crippen LogP contribution is -2.10. The molecule has 0 amide bonds. The molecule has 0 aliphatic carbocycles. The Balaban J connectivity index is 2.52. The molecule has 0 fully saturated rings.